The number of rotatable bonds is 3. The van der Waals surface area contributed by atoms with Crippen molar-refractivity contribution in [2.24, 2.45) is 5.73 Å². The van der Waals surface area contributed by atoms with Crippen LogP contribution in [0.15, 0.2) is 48.7 Å². The van der Waals surface area contributed by atoms with Crippen molar-refractivity contribution >= 4 is 0 Å². The van der Waals surface area contributed by atoms with Crippen molar-refractivity contribution in [3.63, 3.8) is 0 Å². The summed E-state index contributed by atoms with van der Waals surface area (Å²) in [7, 11) is 0. The summed E-state index contributed by atoms with van der Waals surface area (Å²) in [6, 6.07) is 10.8. The van der Waals surface area contributed by atoms with Crippen LogP contribution in [0.1, 0.15) is 22.9 Å². The van der Waals surface area contributed by atoms with Gasteiger partial charge in [-0.1, -0.05) is 30.3 Å². The minimum Gasteiger partial charge on any atom is -0.324 e. The molecule has 2 N–H and O–H groups in total. The van der Waals surface area contributed by atoms with Crippen molar-refractivity contribution in [1.29, 1.82) is 0 Å². The maximum Gasteiger partial charge on any atom is 0.418 e. The number of benzene rings is 1. The molecule has 1 atom stereocenters. The minimum atomic E-state index is -4.40. The molecular formula is C14H13F3N2. The van der Waals surface area contributed by atoms with E-state index in [0.29, 0.717) is 0 Å². The van der Waals surface area contributed by atoms with Crippen LogP contribution in [0, 0.1) is 0 Å². The molecule has 0 amide bonds. The van der Waals surface area contributed by atoms with E-state index in [2.05, 4.69) is 4.98 Å². The maximum absolute atomic E-state index is 12.8. The summed E-state index contributed by atoms with van der Waals surface area (Å²) in [5, 5.41) is 0. The fraction of sp³-hybridized carbons (Fsp3) is 0.214. The number of nitrogens with zero attached hydrogens (tertiary/aromatic N) is 1. The standard InChI is InChI=1S/C14H13F3N2/c15-14(16,17)11-7-4-8-19-13(11)9-12(18)10-5-2-1-3-6-10/h1-8,12H,9,18H2. The van der Waals surface area contributed by atoms with Crippen LogP contribution in [0.5, 0.6) is 0 Å². The fourth-order valence-corrected chi connectivity index (χ4v) is 1.89. The number of hydrogen-bond acceptors (Lipinski definition) is 2. The first-order valence-electron chi connectivity index (χ1n) is 5.80. The van der Waals surface area contributed by atoms with Gasteiger partial charge >= 0.3 is 6.18 Å². The highest BCUT2D eigenvalue weighted by atomic mass is 19.4. The van der Waals surface area contributed by atoms with Crippen molar-refractivity contribution in [2.75, 3.05) is 0 Å². The van der Waals surface area contributed by atoms with Gasteiger partial charge in [-0.05, 0) is 17.7 Å². The van der Waals surface area contributed by atoms with Gasteiger partial charge in [0.1, 0.15) is 0 Å². The summed E-state index contributed by atoms with van der Waals surface area (Å²) in [6.07, 6.45) is -3.00. The molecule has 0 aliphatic heterocycles. The van der Waals surface area contributed by atoms with Gasteiger partial charge in [0.05, 0.1) is 11.3 Å². The summed E-state index contributed by atoms with van der Waals surface area (Å²) in [4.78, 5) is 3.81. The van der Waals surface area contributed by atoms with Crippen LogP contribution in [0.4, 0.5) is 13.2 Å². The summed E-state index contributed by atoms with van der Waals surface area (Å²) < 4.78 is 38.5. The molecule has 19 heavy (non-hydrogen) atoms. The average Bonchev–Trinajstić information content (AvgIpc) is 2.39. The Morgan fingerprint density at radius 1 is 1.05 bits per heavy atom. The highest BCUT2D eigenvalue weighted by Crippen LogP contribution is 2.32. The predicted molar refractivity (Wildman–Crippen MR) is 66.3 cm³/mol. The number of aromatic nitrogens is 1. The first kappa shape index (κ1) is 13.5. The van der Waals surface area contributed by atoms with Gasteiger partial charge < -0.3 is 5.73 Å². The Labute approximate surface area is 109 Å². The van der Waals surface area contributed by atoms with E-state index in [0.717, 1.165) is 11.6 Å². The molecule has 1 heterocycles. The zero-order chi connectivity index (χ0) is 13.9. The van der Waals surface area contributed by atoms with Crippen molar-refractivity contribution in [2.45, 2.75) is 18.6 Å². The largest absolute Gasteiger partial charge is 0.418 e. The highest BCUT2D eigenvalue weighted by molar-refractivity contribution is 5.26. The summed E-state index contributed by atoms with van der Waals surface area (Å²) >= 11 is 0. The Bertz CT molecular complexity index is 538. The number of pyridine rings is 1. The molecule has 100 valence electrons. The lowest BCUT2D eigenvalue weighted by molar-refractivity contribution is -0.138. The molecule has 0 saturated carbocycles. The molecule has 0 radical (unpaired) electrons. The minimum absolute atomic E-state index is 0.0219. The molecule has 0 fully saturated rings. The monoisotopic (exact) mass is 266 g/mol. The van der Waals surface area contributed by atoms with E-state index in [1.54, 1.807) is 24.3 Å². The van der Waals surface area contributed by atoms with E-state index >= 15 is 0 Å². The molecule has 0 bridgehead atoms. The van der Waals surface area contributed by atoms with Crippen LogP contribution < -0.4 is 5.73 Å². The topological polar surface area (TPSA) is 38.9 Å². The lowest BCUT2D eigenvalue weighted by atomic mass is 10.00. The zero-order valence-electron chi connectivity index (χ0n) is 10.1. The quantitative estimate of drug-likeness (QED) is 0.925. The van der Waals surface area contributed by atoms with E-state index < -0.39 is 17.8 Å². The smallest absolute Gasteiger partial charge is 0.324 e. The predicted octanol–water partition coefficient (Wildman–Crippen LogP) is 3.34. The third-order valence-electron chi connectivity index (χ3n) is 2.84. The van der Waals surface area contributed by atoms with Crippen LogP contribution in [0.25, 0.3) is 0 Å². The van der Waals surface area contributed by atoms with E-state index in [-0.39, 0.29) is 12.1 Å². The molecule has 2 nitrogen and oxygen atoms in total. The van der Waals surface area contributed by atoms with Gasteiger partial charge in [0, 0.05) is 18.7 Å². The zero-order valence-corrected chi connectivity index (χ0v) is 10.1. The molecule has 2 rings (SSSR count). The Morgan fingerprint density at radius 3 is 2.37 bits per heavy atom. The van der Waals surface area contributed by atoms with Crippen LogP contribution in [-0.2, 0) is 12.6 Å². The Morgan fingerprint density at radius 2 is 1.74 bits per heavy atom. The molecule has 1 aromatic heterocycles. The van der Waals surface area contributed by atoms with Crippen molar-refractivity contribution in [1.82, 2.24) is 4.98 Å². The molecule has 5 heteroatoms. The summed E-state index contributed by atoms with van der Waals surface area (Å²) in [5.41, 5.74) is 5.98. The first-order valence-corrected chi connectivity index (χ1v) is 5.80. The number of hydrogen-bond donors (Lipinski definition) is 1. The van der Waals surface area contributed by atoms with Crippen LogP contribution >= 0.6 is 0 Å². The van der Waals surface area contributed by atoms with E-state index in [1.807, 2.05) is 6.07 Å². The third-order valence-corrected chi connectivity index (χ3v) is 2.84. The molecule has 0 aliphatic rings. The second-order valence-electron chi connectivity index (χ2n) is 4.22. The van der Waals surface area contributed by atoms with Crippen molar-refractivity contribution in [3.05, 3.63) is 65.5 Å². The number of halogens is 3. The molecule has 2 aromatic rings. The SMILES string of the molecule is NC(Cc1ncccc1C(F)(F)F)c1ccccc1. The number of alkyl halides is 3. The Hall–Kier alpha value is -1.88. The molecule has 0 spiro atoms. The maximum atomic E-state index is 12.8. The van der Waals surface area contributed by atoms with Crippen LogP contribution in [0.2, 0.25) is 0 Å². The fourth-order valence-electron chi connectivity index (χ4n) is 1.89. The summed E-state index contributed by atoms with van der Waals surface area (Å²) in [5.74, 6) is 0. The van der Waals surface area contributed by atoms with Crippen molar-refractivity contribution in [3.8, 4) is 0 Å². The first-order chi connectivity index (χ1) is 8.98. The second-order valence-corrected chi connectivity index (χ2v) is 4.22. The van der Waals surface area contributed by atoms with E-state index in [9.17, 15) is 13.2 Å². The third kappa shape index (κ3) is 3.32. The Balaban J connectivity index is 2.25. The average molecular weight is 266 g/mol. The molecule has 0 aliphatic carbocycles. The van der Waals surface area contributed by atoms with Gasteiger partial charge in [-0.3, -0.25) is 4.98 Å². The second kappa shape index (κ2) is 5.40. The molecule has 1 unspecified atom stereocenters. The van der Waals surface area contributed by atoms with Crippen LogP contribution in [-0.4, -0.2) is 4.98 Å². The van der Waals surface area contributed by atoms with E-state index in [1.165, 1.54) is 12.3 Å². The van der Waals surface area contributed by atoms with Crippen LogP contribution in [0.3, 0.4) is 0 Å². The molecular weight excluding hydrogens is 253 g/mol. The van der Waals surface area contributed by atoms with Gasteiger partial charge in [-0.2, -0.15) is 13.2 Å². The van der Waals surface area contributed by atoms with Gasteiger partial charge in [-0.25, -0.2) is 0 Å². The highest BCUT2D eigenvalue weighted by Gasteiger charge is 2.34. The van der Waals surface area contributed by atoms with Gasteiger partial charge in [0.15, 0.2) is 0 Å². The summed E-state index contributed by atoms with van der Waals surface area (Å²) in [6.45, 7) is 0. The van der Waals surface area contributed by atoms with Crippen molar-refractivity contribution < 1.29 is 13.2 Å². The molecule has 1 aromatic carbocycles. The van der Waals surface area contributed by atoms with Gasteiger partial charge in [0.25, 0.3) is 0 Å². The number of nitrogens with two attached hydrogens (primary N) is 1. The lowest BCUT2D eigenvalue weighted by Crippen LogP contribution is -2.18. The molecule has 0 saturated heterocycles. The van der Waals surface area contributed by atoms with E-state index in [4.69, 9.17) is 5.73 Å². The van der Waals surface area contributed by atoms with Gasteiger partial charge in [0.2, 0.25) is 0 Å². The van der Waals surface area contributed by atoms with Gasteiger partial charge in [-0.15, -0.1) is 0 Å². The Kier molecular flexibility index (Phi) is 3.85. The normalized spacial score (nSPS) is 13.3. The lowest BCUT2D eigenvalue weighted by Gasteiger charge is -2.15.